The zero-order valence-corrected chi connectivity index (χ0v) is 13.6. The van der Waals surface area contributed by atoms with Gasteiger partial charge in [-0.3, -0.25) is 4.79 Å². The Morgan fingerprint density at radius 2 is 1.68 bits per heavy atom. The van der Waals surface area contributed by atoms with Gasteiger partial charge in [-0.25, -0.2) is 8.78 Å². The van der Waals surface area contributed by atoms with Crippen LogP contribution in [0.1, 0.15) is 34.9 Å². The molecule has 2 aromatic rings. The first-order valence-electron chi connectivity index (χ1n) is 8.20. The van der Waals surface area contributed by atoms with Crippen LogP contribution in [0.4, 0.5) is 8.78 Å². The quantitative estimate of drug-likeness (QED) is 0.903. The highest BCUT2D eigenvalue weighted by atomic mass is 19.1. The number of carbonyl (C=O) groups is 1. The van der Waals surface area contributed by atoms with Crippen molar-refractivity contribution in [2.75, 3.05) is 19.7 Å². The second-order valence-electron chi connectivity index (χ2n) is 5.99. The van der Waals surface area contributed by atoms with Gasteiger partial charge in [-0.05, 0) is 49.2 Å². The summed E-state index contributed by atoms with van der Waals surface area (Å²) < 4.78 is 32.6. The minimum atomic E-state index is -1.42. The van der Waals surface area contributed by atoms with Gasteiger partial charge in [-0.1, -0.05) is 6.07 Å². The van der Waals surface area contributed by atoms with Crippen molar-refractivity contribution in [3.8, 4) is 5.75 Å². The van der Waals surface area contributed by atoms with E-state index in [4.69, 9.17) is 4.74 Å². The molecule has 1 aliphatic rings. The summed E-state index contributed by atoms with van der Waals surface area (Å²) >= 11 is 0. The normalized spacial score (nSPS) is 15.2. The monoisotopic (exact) mass is 347 g/mol. The molecule has 0 radical (unpaired) electrons. The minimum absolute atomic E-state index is 0.0162. The molecule has 1 amide bonds. The smallest absolute Gasteiger partial charge is 0.253 e. The molecule has 6 heteroatoms. The molecule has 1 fully saturated rings. The van der Waals surface area contributed by atoms with Crippen molar-refractivity contribution in [3.05, 3.63) is 65.2 Å². The Morgan fingerprint density at radius 3 is 2.28 bits per heavy atom. The molecule has 2 aromatic carbocycles. The number of aliphatic hydroxyl groups excluding tert-OH is 1. The first kappa shape index (κ1) is 17.4. The molecule has 0 saturated carbocycles. The molecule has 0 aliphatic carbocycles. The summed E-state index contributed by atoms with van der Waals surface area (Å²) in [7, 11) is 0. The molecule has 25 heavy (non-hydrogen) atoms. The molecule has 132 valence electrons. The lowest BCUT2D eigenvalue weighted by Crippen LogP contribution is -2.27. The molecule has 1 aliphatic heterocycles. The van der Waals surface area contributed by atoms with Gasteiger partial charge in [0, 0.05) is 18.7 Å². The lowest BCUT2D eigenvalue weighted by atomic mass is 10.1. The van der Waals surface area contributed by atoms with Gasteiger partial charge in [0.25, 0.3) is 5.91 Å². The third-order valence-corrected chi connectivity index (χ3v) is 4.24. The van der Waals surface area contributed by atoms with Crippen LogP contribution in [0.2, 0.25) is 0 Å². The molecule has 0 spiro atoms. The number of likely N-dealkylation sites (tertiary alicyclic amines) is 1. The first-order chi connectivity index (χ1) is 12.1. The third-order valence-electron chi connectivity index (χ3n) is 4.24. The summed E-state index contributed by atoms with van der Waals surface area (Å²) in [6.45, 7) is 1.26. The summed E-state index contributed by atoms with van der Waals surface area (Å²) in [5.41, 5.74) is 0.151. The van der Waals surface area contributed by atoms with Crippen LogP contribution in [0.15, 0.2) is 42.5 Å². The van der Waals surface area contributed by atoms with Crippen molar-refractivity contribution in [1.29, 1.82) is 0 Å². The molecule has 1 N–H and O–H groups in total. The second-order valence-corrected chi connectivity index (χ2v) is 5.99. The maximum Gasteiger partial charge on any atom is 0.253 e. The molecule has 1 saturated heterocycles. The number of nitrogens with zero attached hydrogens (tertiary/aromatic N) is 1. The number of hydrogen-bond donors (Lipinski definition) is 1. The number of hydrogen-bond acceptors (Lipinski definition) is 3. The third kappa shape index (κ3) is 3.96. The van der Waals surface area contributed by atoms with E-state index in [-0.39, 0.29) is 12.5 Å². The van der Waals surface area contributed by atoms with Gasteiger partial charge in [0.2, 0.25) is 0 Å². The number of ether oxygens (including phenoxy) is 1. The number of amides is 1. The Labute approximate surface area is 144 Å². The minimum Gasteiger partial charge on any atom is -0.491 e. The average Bonchev–Trinajstić information content (AvgIpc) is 3.14. The highest BCUT2D eigenvalue weighted by molar-refractivity contribution is 5.94. The summed E-state index contributed by atoms with van der Waals surface area (Å²) in [5.74, 6) is -1.24. The number of rotatable bonds is 5. The molecule has 1 unspecified atom stereocenters. The van der Waals surface area contributed by atoms with E-state index < -0.39 is 23.3 Å². The largest absolute Gasteiger partial charge is 0.491 e. The van der Waals surface area contributed by atoms with E-state index in [0.29, 0.717) is 11.3 Å². The number of halogens is 2. The molecule has 0 aromatic heterocycles. The van der Waals surface area contributed by atoms with Crippen LogP contribution in [0.25, 0.3) is 0 Å². The Hall–Kier alpha value is -2.47. The van der Waals surface area contributed by atoms with Crippen molar-refractivity contribution in [3.63, 3.8) is 0 Å². The molecule has 1 heterocycles. The fourth-order valence-electron chi connectivity index (χ4n) is 2.88. The topological polar surface area (TPSA) is 49.8 Å². The summed E-state index contributed by atoms with van der Waals surface area (Å²) in [4.78, 5) is 14.1. The fraction of sp³-hybridized carbons (Fsp3) is 0.316. The molecule has 1 atom stereocenters. The fourth-order valence-corrected chi connectivity index (χ4v) is 2.88. The van der Waals surface area contributed by atoms with E-state index in [0.717, 1.165) is 38.1 Å². The second kappa shape index (κ2) is 7.61. The van der Waals surface area contributed by atoms with Gasteiger partial charge >= 0.3 is 0 Å². The van der Waals surface area contributed by atoms with Crippen LogP contribution in [-0.4, -0.2) is 35.6 Å². The molecule has 4 nitrogen and oxygen atoms in total. The van der Waals surface area contributed by atoms with Gasteiger partial charge in [-0.2, -0.15) is 0 Å². The van der Waals surface area contributed by atoms with Crippen molar-refractivity contribution < 1.29 is 23.4 Å². The van der Waals surface area contributed by atoms with E-state index >= 15 is 0 Å². The van der Waals surface area contributed by atoms with E-state index in [2.05, 4.69) is 0 Å². The Kier molecular flexibility index (Phi) is 5.28. The predicted octanol–water partition coefficient (Wildman–Crippen LogP) is 3.31. The first-order valence-corrected chi connectivity index (χ1v) is 8.20. The van der Waals surface area contributed by atoms with Gasteiger partial charge in [0.1, 0.15) is 30.1 Å². The maximum absolute atomic E-state index is 13.6. The van der Waals surface area contributed by atoms with Crippen LogP contribution < -0.4 is 4.74 Å². The standard InChI is InChI=1S/C19H19F2NO3/c20-15-4-3-5-16(21)18(15)17(23)12-25-14-8-6-13(7-9-14)19(24)22-10-1-2-11-22/h3-9,17,23H,1-2,10-12H2. The van der Waals surface area contributed by atoms with E-state index in [9.17, 15) is 18.7 Å². The van der Waals surface area contributed by atoms with Crippen molar-refractivity contribution in [1.82, 2.24) is 4.90 Å². The lowest BCUT2D eigenvalue weighted by Gasteiger charge is -2.16. The number of aliphatic hydroxyl groups is 1. The van der Waals surface area contributed by atoms with Crippen LogP contribution in [0.3, 0.4) is 0 Å². The molecule has 3 rings (SSSR count). The zero-order valence-electron chi connectivity index (χ0n) is 13.6. The van der Waals surface area contributed by atoms with Crippen molar-refractivity contribution in [2.45, 2.75) is 18.9 Å². The van der Waals surface area contributed by atoms with Crippen LogP contribution >= 0.6 is 0 Å². The summed E-state index contributed by atoms with van der Waals surface area (Å²) in [5, 5.41) is 9.96. The van der Waals surface area contributed by atoms with Gasteiger partial charge < -0.3 is 14.7 Å². The molecular formula is C19H19F2NO3. The van der Waals surface area contributed by atoms with Crippen molar-refractivity contribution >= 4 is 5.91 Å². The summed E-state index contributed by atoms with van der Waals surface area (Å²) in [6, 6.07) is 9.90. The van der Waals surface area contributed by atoms with Gasteiger partial charge in [-0.15, -0.1) is 0 Å². The molecule has 0 bridgehead atoms. The van der Waals surface area contributed by atoms with E-state index in [1.165, 1.54) is 6.07 Å². The zero-order chi connectivity index (χ0) is 17.8. The van der Waals surface area contributed by atoms with Crippen LogP contribution in [-0.2, 0) is 0 Å². The van der Waals surface area contributed by atoms with E-state index in [1.54, 1.807) is 29.2 Å². The van der Waals surface area contributed by atoms with Crippen LogP contribution in [0, 0.1) is 11.6 Å². The van der Waals surface area contributed by atoms with Crippen LogP contribution in [0.5, 0.6) is 5.75 Å². The SMILES string of the molecule is O=C(c1ccc(OCC(O)c2c(F)cccc2F)cc1)N1CCCC1. The Bertz CT molecular complexity index is 723. The Morgan fingerprint density at radius 1 is 1.08 bits per heavy atom. The highest BCUT2D eigenvalue weighted by Gasteiger charge is 2.20. The summed E-state index contributed by atoms with van der Waals surface area (Å²) in [6.07, 6.45) is 0.626. The highest BCUT2D eigenvalue weighted by Crippen LogP contribution is 2.22. The average molecular weight is 347 g/mol. The van der Waals surface area contributed by atoms with Crippen molar-refractivity contribution in [2.24, 2.45) is 0 Å². The molecular weight excluding hydrogens is 328 g/mol. The maximum atomic E-state index is 13.6. The predicted molar refractivity (Wildman–Crippen MR) is 88.4 cm³/mol. The van der Waals surface area contributed by atoms with Gasteiger partial charge in [0.15, 0.2) is 0 Å². The lowest BCUT2D eigenvalue weighted by molar-refractivity contribution is 0.0792. The number of carbonyl (C=O) groups excluding carboxylic acids is 1. The van der Waals surface area contributed by atoms with Gasteiger partial charge in [0.05, 0.1) is 5.56 Å². The van der Waals surface area contributed by atoms with E-state index in [1.807, 2.05) is 0 Å². The number of benzene rings is 2. The Balaban J connectivity index is 1.61.